The van der Waals surface area contributed by atoms with E-state index in [4.69, 9.17) is 0 Å². The summed E-state index contributed by atoms with van der Waals surface area (Å²) in [4.78, 5) is 2.77. The first-order valence-corrected chi connectivity index (χ1v) is 8.14. The minimum atomic E-state index is 0.752. The van der Waals surface area contributed by atoms with E-state index in [1.807, 2.05) is 0 Å². The molecule has 2 aliphatic rings. The highest BCUT2D eigenvalue weighted by atomic mass is 32.2. The summed E-state index contributed by atoms with van der Waals surface area (Å²) in [5.74, 6) is 0. The standard InChI is InChI=1S/C13H26N2S/c1-3-5-11-10-15(9-8-14-11)12-6-4-7-13(12)16-2/h11-14H,3-10H2,1-2H3. The fraction of sp³-hybridized carbons (Fsp3) is 1.00. The van der Waals surface area contributed by atoms with E-state index >= 15 is 0 Å². The largest absolute Gasteiger partial charge is 0.311 e. The van der Waals surface area contributed by atoms with Crippen LogP contribution in [-0.4, -0.2) is 48.1 Å². The molecular weight excluding hydrogens is 216 g/mol. The zero-order valence-electron chi connectivity index (χ0n) is 10.7. The second-order valence-corrected chi connectivity index (χ2v) is 6.28. The van der Waals surface area contributed by atoms with Gasteiger partial charge in [0.15, 0.2) is 0 Å². The van der Waals surface area contributed by atoms with Crippen LogP contribution in [0.1, 0.15) is 39.0 Å². The second-order valence-electron chi connectivity index (χ2n) is 5.21. The van der Waals surface area contributed by atoms with E-state index in [0.29, 0.717) is 0 Å². The normalized spacial score (nSPS) is 36.8. The molecule has 1 heterocycles. The van der Waals surface area contributed by atoms with Gasteiger partial charge in [-0.05, 0) is 25.5 Å². The third-order valence-electron chi connectivity index (χ3n) is 4.11. The zero-order chi connectivity index (χ0) is 11.4. The van der Waals surface area contributed by atoms with E-state index in [1.54, 1.807) is 0 Å². The van der Waals surface area contributed by atoms with Crippen molar-refractivity contribution in [2.45, 2.75) is 56.4 Å². The average molecular weight is 242 g/mol. The quantitative estimate of drug-likeness (QED) is 0.814. The highest BCUT2D eigenvalue weighted by Gasteiger charge is 2.33. The van der Waals surface area contributed by atoms with E-state index < -0.39 is 0 Å². The molecule has 1 N–H and O–H groups in total. The van der Waals surface area contributed by atoms with Crippen molar-refractivity contribution in [2.24, 2.45) is 0 Å². The predicted octanol–water partition coefficient (Wildman–Crippen LogP) is 2.34. The van der Waals surface area contributed by atoms with E-state index in [1.165, 1.54) is 51.7 Å². The molecule has 94 valence electrons. The second kappa shape index (κ2) is 6.27. The van der Waals surface area contributed by atoms with Gasteiger partial charge in [-0.3, -0.25) is 4.90 Å². The van der Waals surface area contributed by atoms with Gasteiger partial charge in [0.25, 0.3) is 0 Å². The van der Waals surface area contributed by atoms with Crippen molar-refractivity contribution < 1.29 is 0 Å². The highest BCUT2D eigenvalue weighted by molar-refractivity contribution is 7.99. The molecule has 0 aromatic rings. The van der Waals surface area contributed by atoms with Gasteiger partial charge < -0.3 is 5.32 Å². The summed E-state index contributed by atoms with van der Waals surface area (Å²) in [5, 5.41) is 4.56. The number of hydrogen-bond donors (Lipinski definition) is 1. The van der Waals surface area contributed by atoms with Crippen LogP contribution in [-0.2, 0) is 0 Å². The van der Waals surface area contributed by atoms with Gasteiger partial charge in [-0.2, -0.15) is 11.8 Å². The van der Waals surface area contributed by atoms with E-state index in [0.717, 1.165) is 17.3 Å². The summed E-state index contributed by atoms with van der Waals surface area (Å²) in [6, 6.07) is 1.62. The molecule has 1 aliphatic heterocycles. The summed E-state index contributed by atoms with van der Waals surface area (Å²) < 4.78 is 0. The Morgan fingerprint density at radius 1 is 1.38 bits per heavy atom. The zero-order valence-corrected chi connectivity index (χ0v) is 11.6. The van der Waals surface area contributed by atoms with Crippen molar-refractivity contribution in [3.8, 4) is 0 Å². The summed E-state index contributed by atoms with van der Waals surface area (Å²) in [6.45, 7) is 6.04. The molecule has 0 spiro atoms. The van der Waals surface area contributed by atoms with Crippen LogP contribution in [0.2, 0.25) is 0 Å². The van der Waals surface area contributed by atoms with Crippen molar-refractivity contribution in [2.75, 3.05) is 25.9 Å². The first-order chi connectivity index (χ1) is 7.85. The van der Waals surface area contributed by atoms with Crippen LogP contribution in [0.4, 0.5) is 0 Å². The first-order valence-electron chi connectivity index (χ1n) is 6.85. The lowest BCUT2D eigenvalue weighted by Gasteiger charge is -2.39. The molecule has 1 saturated carbocycles. The van der Waals surface area contributed by atoms with Crippen LogP contribution in [0.15, 0.2) is 0 Å². The number of piperazine rings is 1. The Hall–Kier alpha value is 0.270. The van der Waals surface area contributed by atoms with Crippen LogP contribution >= 0.6 is 11.8 Å². The lowest BCUT2D eigenvalue weighted by Crippen LogP contribution is -2.55. The van der Waals surface area contributed by atoms with Gasteiger partial charge in [-0.1, -0.05) is 19.8 Å². The van der Waals surface area contributed by atoms with Crippen molar-refractivity contribution in [1.29, 1.82) is 0 Å². The Morgan fingerprint density at radius 3 is 3.00 bits per heavy atom. The molecule has 3 heteroatoms. The molecule has 2 rings (SSSR count). The molecule has 16 heavy (non-hydrogen) atoms. The smallest absolute Gasteiger partial charge is 0.0215 e. The van der Waals surface area contributed by atoms with Crippen LogP contribution < -0.4 is 5.32 Å². The molecule has 0 aromatic carbocycles. The molecule has 0 radical (unpaired) electrons. The van der Waals surface area contributed by atoms with Gasteiger partial charge in [0.1, 0.15) is 0 Å². The van der Waals surface area contributed by atoms with E-state index in [2.05, 4.69) is 35.2 Å². The molecule has 0 aromatic heterocycles. The van der Waals surface area contributed by atoms with Crippen LogP contribution in [0.3, 0.4) is 0 Å². The van der Waals surface area contributed by atoms with Crippen LogP contribution in [0.25, 0.3) is 0 Å². The molecule has 3 atom stereocenters. The minimum absolute atomic E-state index is 0.752. The molecule has 3 unspecified atom stereocenters. The monoisotopic (exact) mass is 242 g/mol. The topological polar surface area (TPSA) is 15.3 Å². The number of hydrogen-bond acceptors (Lipinski definition) is 3. The fourth-order valence-electron chi connectivity index (χ4n) is 3.29. The van der Waals surface area contributed by atoms with Gasteiger partial charge in [-0.15, -0.1) is 0 Å². The SMILES string of the molecule is CCCC1CN(C2CCCC2SC)CCN1. The molecule has 0 amide bonds. The lowest BCUT2D eigenvalue weighted by atomic mass is 10.1. The maximum atomic E-state index is 3.66. The average Bonchev–Trinajstić information content (AvgIpc) is 2.78. The molecule has 0 bridgehead atoms. The van der Waals surface area contributed by atoms with Crippen molar-refractivity contribution in [1.82, 2.24) is 10.2 Å². The predicted molar refractivity (Wildman–Crippen MR) is 73.2 cm³/mol. The van der Waals surface area contributed by atoms with Gasteiger partial charge >= 0.3 is 0 Å². The van der Waals surface area contributed by atoms with Crippen LogP contribution in [0.5, 0.6) is 0 Å². The Morgan fingerprint density at radius 2 is 2.25 bits per heavy atom. The Kier molecular flexibility index (Phi) is 4.98. The molecule has 2 nitrogen and oxygen atoms in total. The maximum Gasteiger partial charge on any atom is 0.0215 e. The summed E-state index contributed by atoms with van der Waals surface area (Å²) >= 11 is 2.09. The Bertz CT molecular complexity index is 208. The van der Waals surface area contributed by atoms with Gasteiger partial charge in [0.05, 0.1) is 0 Å². The van der Waals surface area contributed by atoms with Gasteiger partial charge in [0.2, 0.25) is 0 Å². The molecular formula is C13H26N2S. The van der Waals surface area contributed by atoms with Crippen molar-refractivity contribution in [3.63, 3.8) is 0 Å². The summed E-state index contributed by atoms with van der Waals surface area (Å²) in [7, 11) is 0. The van der Waals surface area contributed by atoms with E-state index in [9.17, 15) is 0 Å². The van der Waals surface area contributed by atoms with Crippen LogP contribution in [0, 0.1) is 0 Å². The third kappa shape index (κ3) is 2.93. The van der Waals surface area contributed by atoms with Gasteiger partial charge in [-0.25, -0.2) is 0 Å². The van der Waals surface area contributed by atoms with Gasteiger partial charge in [0, 0.05) is 37.0 Å². The van der Waals surface area contributed by atoms with Crippen molar-refractivity contribution in [3.05, 3.63) is 0 Å². The number of rotatable bonds is 4. The fourth-order valence-corrected chi connectivity index (χ4v) is 4.32. The first kappa shape index (κ1) is 12.7. The van der Waals surface area contributed by atoms with E-state index in [-0.39, 0.29) is 0 Å². The molecule has 2 fully saturated rings. The molecule has 1 aliphatic carbocycles. The maximum absolute atomic E-state index is 3.66. The summed E-state index contributed by atoms with van der Waals surface area (Å²) in [6.07, 6.45) is 9.25. The Labute approximate surface area is 105 Å². The number of nitrogens with zero attached hydrogens (tertiary/aromatic N) is 1. The number of thioether (sulfide) groups is 1. The Balaban J connectivity index is 1.88. The number of nitrogens with one attached hydrogen (secondary N) is 1. The lowest BCUT2D eigenvalue weighted by molar-refractivity contribution is 0.144. The summed E-state index contributed by atoms with van der Waals surface area (Å²) in [5.41, 5.74) is 0. The minimum Gasteiger partial charge on any atom is -0.311 e. The third-order valence-corrected chi connectivity index (χ3v) is 5.27. The van der Waals surface area contributed by atoms with Crippen molar-refractivity contribution >= 4 is 11.8 Å². The molecule has 1 saturated heterocycles. The highest BCUT2D eigenvalue weighted by Crippen LogP contribution is 2.32.